The average Bonchev–Trinajstić information content (AvgIpc) is 3.48. The van der Waals surface area contributed by atoms with Crippen molar-refractivity contribution in [3.8, 4) is 0 Å². The molecule has 2 aromatic carbocycles. The number of amides is 3. The predicted molar refractivity (Wildman–Crippen MR) is 166 cm³/mol. The number of carbonyl (C=O) groups excluding carboxylic acids is 4. The number of Topliss-reactive ketones (excluding diaryl/α,β-unsaturated/α-hetero) is 1. The summed E-state index contributed by atoms with van der Waals surface area (Å²) < 4.78 is 0. The van der Waals surface area contributed by atoms with Crippen LogP contribution in [0.1, 0.15) is 65.9 Å². The van der Waals surface area contributed by atoms with Gasteiger partial charge in [0.25, 0.3) is 5.91 Å². The lowest BCUT2D eigenvalue weighted by Gasteiger charge is -2.33. The summed E-state index contributed by atoms with van der Waals surface area (Å²) >= 11 is 0. The summed E-state index contributed by atoms with van der Waals surface area (Å²) in [6.07, 6.45) is 2.60. The number of halogens is 1. The molecule has 0 aliphatic carbocycles. The third kappa shape index (κ3) is 9.35. The average molecular weight is 587 g/mol. The molecular weight excluding hydrogens is 540 g/mol. The van der Waals surface area contributed by atoms with E-state index in [9.17, 15) is 19.2 Å². The van der Waals surface area contributed by atoms with Gasteiger partial charge in [-0.1, -0.05) is 77.1 Å². The Hall–Kier alpha value is -2.81. The van der Waals surface area contributed by atoms with Crippen LogP contribution < -0.4 is 16.0 Å². The van der Waals surface area contributed by atoms with Gasteiger partial charge in [0, 0.05) is 18.4 Å². The molecule has 1 saturated heterocycles. The first-order chi connectivity index (χ1) is 19.0. The Labute approximate surface area is 250 Å². The molecule has 1 fully saturated rings. The number of nitrogens with one attached hydrogen (secondary N) is 3. The molecule has 1 aliphatic rings. The van der Waals surface area contributed by atoms with E-state index in [0.29, 0.717) is 38.3 Å². The van der Waals surface area contributed by atoms with E-state index in [2.05, 4.69) is 29.8 Å². The van der Waals surface area contributed by atoms with E-state index < -0.39 is 41.0 Å². The van der Waals surface area contributed by atoms with Gasteiger partial charge in [0.15, 0.2) is 0 Å². The van der Waals surface area contributed by atoms with E-state index in [-0.39, 0.29) is 18.8 Å². The smallest absolute Gasteiger partial charge is 0.297 e. The SMILES string of the molecule is CCC(C)(C)C(=O)C(=O)N(C(=O)[C@@H]1CCCN1)[C@H](Cc1ccc2ccccc2c1)C(=O)NCCCNCC(C)C.Cl. The first-order valence-electron chi connectivity index (χ1n) is 14.7. The zero-order valence-electron chi connectivity index (χ0n) is 25.1. The Balaban J connectivity index is 0.00000588. The zero-order valence-corrected chi connectivity index (χ0v) is 25.9. The van der Waals surface area contributed by atoms with Crippen molar-refractivity contribution >= 4 is 46.7 Å². The van der Waals surface area contributed by atoms with E-state index in [1.165, 1.54) is 0 Å². The van der Waals surface area contributed by atoms with Gasteiger partial charge in [-0.25, -0.2) is 0 Å². The van der Waals surface area contributed by atoms with Crippen LogP contribution in [-0.2, 0) is 25.6 Å². The highest BCUT2D eigenvalue weighted by Crippen LogP contribution is 2.25. The second kappa shape index (κ2) is 16.0. The van der Waals surface area contributed by atoms with Crippen LogP contribution in [0.2, 0.25) is 0 Å². The number of imide groups is 1. The Morgan fingerprint density at radius 1 is 1.05 bits per heavy atom. The van der Waals surface area contributed by atoms with Crippen LogP contribution in [0.3, 0.4) is 0 Å². The van der Waals surface area contributed by atoms with Crippen molar-refractivity contribution < 1.29 is 19.2 Å². The van der Waals surface area contributed by atoms with Crippen LogP contribution in [-0.4, -0.2) is 66.7 Å². The van der Waals surface area contributed by atoms with E-state index in [1.807, 2.05) is 49.4 Å². The van der Waals surface area contributed by atoms with Crippen LogP contribution in [0.5, 0.6) is 0 Å². The molecule has 0 saturated carbocycles. The molecule has 1 heterocycles. The van der Waals surface area contributed by atoms with E-state index in [1.54, 1.807) is 13.8 Å². The number of hydrogen-bond donors (Lipinski definition) is 3. The molecule has 41 heavy (non-hydrogen) atoms. The zero-order chi connectivity index (χ0) is 29.3. The highest BCUT2D eigenvalue weighted by atomic mass is 35.5. The van der Waals surface area contributed by atoms with Crippen molar-refractivity contribution in [3.05, 3.63) is 48.0 Å². The third-order valence-corrected chi connectivity index (χ3v) is 7.75. The maximum atomic E-state index is 13.8. The summed E-state index contributed by atoms with van der Waals surface area (Å²) in [5.41, 5.74) is -0.144. The van der Waals surface area contributed by atoms with Gasteiger partial charge in [0.1, 0.15) is 6.04 Å². The maximum Gasteiger partial charge on any atom is 0.297 e. The summed E-state index contributed by atoms with van der Waals surface area (Å²) in [5, 5.41) is 11.5. The topological polar surface area (TPSA) is 108 Å². The number of rotatable bonds is 14. The molecule has 2 aromatic rings. The summed E-state index contributed by atoms with van der Waals surface area (Å²) in [7, 11) is 0. The minimum atomic E-state index is -1.15. The van der Waals surface area contributed by atoms with Crippen molar-refractivity contribution in [2.24, 2.45) is 11.3 Å². The number of carbonyl (C=O) groups is 4. The lowest BCUT2D eigenvalue weighted by molar-refractivity contribution is -0.160. The molecule has 2 atom stereocenters. The minimum Gasteiger partial charge on any atom is -0.354 e. The van der Waals surface area contributed by atoms with Gasteiger partial charge in [0.2, 0.25) is 17.6 Å². The maximum absolute atomic E-state index is 13.8. The van der Waals surface area contributed by atoms with Crippen LogP contribution in [0.4, 0.5) is 0 Å². The number of ketones is 1. The Morgan fingerprint density at radius 3 is 2.39 bits per heavy atom. The van der Waals surface area contributed by atoms with Crippen molar-refractivity contribution in [1.82, 2.24) is 20.9 Å². The summed E-state index contributed by atoms with van der Waals surface area (Å²) in [5.74, 6) is -1.98. The Kier molecular flexibility index (Phi) is 13.4. The normalized spacial score (nSPS) is 15.8. The van der Waals surface area contributed by atoms with Crippen LogP contribution in [0.25, 0.3) is 10.8 Å². The van der Waals surface area contributed by atoms with E-state index in [4.69, 9.17) is 0 Å². The largest absolute Gasteiger partial charge is 0.354 e. The molecule has 9 heteroatoms. The van der Waals surface area contributed by atoms with Gasteiger partial charge in [-0.2, -0.15) is 0 Å². The molecule has 3 rings (SSSR count). The fourth-order valence-electron chi connectivity index (χ4n) is 4.84. The second-order valence-electron chi connectivity index (χ2n) is 11.9. The number of benzene rings is 2. The highest BCUT2D eigenvalue weighted by molar-refractivity contribution is 6.41. The van der Waals surface area contributed by atoms with Crippen molar-refractivity contribution in [1.29, 1.82) is 0 Å². The van der Waals surface area contributed by atoms with Crippen LogP contribution in [0.15, 0.2) is 42.5 Å². The molecule has 0 spiro atoms. The van der Waals surface area contributed by atoms with Gasteiger partial charge in [-0.3, -0.25) is 24.1 Å². The van der Waals surface area contributed by atoms with Gasteiger partial charge >= 0.3 is 0 Å². The van der Waals surface area contributed by atoms with E-state index in [0.717, 1.165) is 40.7 Å². The fraction of sp³-hybridized carbons (Fsp3) is 0.562. The van der Waals surface area contributed by atoms with Gasteiger partial charge < -0.3 is 16.0 Å². The van der Waals surface area contributed by atoms with Gasteiger partial charge in [0.05, 0.1) is 6.04 Å². The second-order valence-corrected chi connectivity index (χ2v) is 11.9. The van der Waals surface area contributed by atoms with Gasteiger partial charge in [-0.15, -0.1) is 12.4 Å². The highest BCUT2D eigenvalue weighted by Gasteiger charge is 2.44. The van der Waals surface area contributed by atoms with E-state index >= 15 is 0 Å². The lowest BCUT2D eigenvalue weighted by atomic mass is 9.84. The molecular formula is C32H47ClN4O4. The number of fused-ring (bicyclic) bond motifs is 1. The summed E-state index contributed by atoms with van der Waals surface area (Å²) in [6.45, 7) is 12.2. The Bertz CT molecular complexity index is 1190. The molecule has 3 amide bonds. The number of nitrogens with zero attached hydrogens (tertiary/aromatic N) is 1. The fourth-order valence-corrected chi connectivity index (χ4v) is 4.84. The third-order valence-electron chi connectivity index (χ3n) is 7.75. The van der Waals surface area contributed by atoms with Gasteiger partial charge in [-0.05, 0) is 67.6 Å². The van der Waals surface area contributed by atoms with Crippen molar-refractivity contribution in [2.75, 3.05) is 26.2 Å². The quantitative estimate of drug-likeness (QED) is 0.228. The van der Waals surface area contributed by atoms with Crippen LogP contribution >= 0.6 is 12.4 Å². The van der Waals surface area contributed by atoms with Crippen molar-refractivity contribution in [2.45, 2.75) is 78.8 Å². The van der Waals surface area contributed by atoms with Crippen LogP contribution in [0, 0.1) is 11.3 Å². The predicted octanol–water partition coefficient (Wildman–Crippen LogP) is 4.04. The molecule has 0 radical (unpaired) electrons. The standard InChI is InChI=1S/C32H46N4O4.ClH/c1-6-32(4,5)28(37)31(40)36(30(39)26-13-9-17-34-26)27(29(38)35-18-10-16-33-21-22(2)3)20-23-14-15-24-11-7-8-12-25(24)19-23;/h7-8,11-12,14-15,19,22,26-27,33-34H,6,9-10,13,16-18,20-21H2,1-5H3,(H,35,38);1H/t26-,27+;/m0./s1. The molecule has 1 aliphatic heterocycles. The lowest BCUT2D eigenvalue weighted by Crippen LogP contribution is -2.60. The summed E-state index contributed by atoms with van der Waals surface area (Å²) in [6, 6.07) is 12.0. The minimum absolute atomic E-state index is 0. The molecule has 0 bridgehead atoms. The molecule has 0 unspecified atom stereocenters. The first-order valence-corrected chi connectivity index (χ1v) is 14.7. The molecule has 8 nitrogen and oxygen atoms in total. The molecule has 226 valence electrons. The molecule has 3 N–H and O–H groups in total. The first kappa shape index (κ1) is 34.4. The molecule has 0 aromatic heterocycles. The van der Waals surface area contributed by atoms with Crippen molar-refractivity contribution in [3.63, 3.8) is 0 Å². The number of hydrogen-bond acceptors (Lipinski definition) is 6. The monoisotopic (exact) mass is 586 g/mol. The Morgan fingerprint density at radius 2 is 1.76 bits per heavy atom. The summed E-state index contributed by atoms with van der Waals surface area (Å²) in [4.78, 5) is 55.8.